The molecule has 0 aliphatic rings. The summed E-state index contributed by atoms with van der Waals surface area (Å²) in [5.41, 5.74) is 5.31. The summed E-state index contributed by atoms with van der Waals surface area (Å²) in [6, 6.07) is 5.47. The Morgan fingerprint density at radius 2 is 1.95 bits per heavy atom. The number of nitrogens with one attached hydrogen (secondary N) is 1. The minimum Gasteiger partial charge on any atom is -0.444 e. The zero-order valence-corrected chi connectivity index (χ0v) is 12.2. The highest BCUT2D eigenvalue weighted by Gasteiger charge is 2.22. The summed E-state index contributed by atoms with van der Waals surface area (Å²) in [5.74, 6) is -0.0287. The number of carbonyl (C=O) groups is 1. The summed E-state index contributed by atoms with van der Waals surface area (Å²) in [7, 11) is 0. The van der Waals surface area contributed by atoms with E-state index in [-0.39, 0.29) is 12.3 Å². The molecule has 1 atom stereocenters. The first-order valence-corrected chi connectivity index (χ1v) is 6.46. The maximum absolute atomic E-state index is 12.4. The predicted molar refractivity (Wildman–Crippen MR) is 74.2 cm³/mol. The van der Waals surface area contributed by atoms with E-state index >= 15 is 0 Å². The van der Waals surface area contributed by atoms with Crippen LogP contribution in [0.15, 0.2) is 24.3 Å². The Morgan fingerprint density at radius 3 is 2.48 bits per heavy atom. The third-order valence-electron chi connectivity index (χ3n) is 2.44. The molecule has 0 aliphatic carbocycles. The second-order valence-corrected chi connectivity index (χ2v) is 5.35. The number of alkyl halides is 2. The van der Waals surface area contributed by atoms with Crippen molar-refractivity contribution in [2.24, 2.45) is 5.73 Å². The van der Waals surface area contributed by atoms with Gasteiger partial charge in [0.05, 0.1) is 6.04 Å². The van der Waals surface area contributed by atoms with Crippen LogP contribution in [0.4, 0.5) is 13.6 Å². The molecule has 0 saturated carbocycles. The number of amides is 1. The smallest absolute Gasteiger partial charge is 0.408 e. The van der Waals surface area contributed by atoms with E-state index in [4.69, 9.17) is 10.5 Å². The zero-order valence-electron chi connectivity index (χ0n) is 12.2. The molecule has 0 radical (unpaired) electrons. The first-order chi connectivity index (χ1) is 9.73. The van der Waals surface area contributed by atoms with E-state index in [0.29, 0.717) is 5.56 Å². The van der Waals surface area contributed by atoms with Gasteiger partial charge in [0, 0.05) is 12.1 Å². The molecule has 0 saturated heterocycles. The minimum absolute atomic E-state index is 0.0167. The summed E-state index contributed by atoms with van der Waals surface area (Å²) < 4.78 is 34.3. The summed E-state index contributed by atoms with van der Waals surface area (Å²) in [6.45, 7) is 2.22. The van der Waals surface area contributed by atoms with Crippen LogP contribution in [0.25, 0.3) is 0 Å². The Morgan fingerprint density at radius 1 is 1.33 bits per heavy atom. The Labute approximate surface area is 122 Å². The van der Waals surface area contributed by atoms with Crippen LogP contribution in [-0.4, -0.2) is 24.9 Å². The Hall–Kier alpha value is -1.89. The normalized spacial score (nSPS) is 12.9. The number of benzene rings is 1. The van der Waals surface area contributed by atoms with Crippen LogP contribution in [-0.2, 0) is 4.74 Å². The van der Waals surface area contributed by atoms with Gasteiger partial charge in [-0.05, 0) is 26.8 Å². The number of carbonyl (C=O) groups excluding carboxylic acids is 1. The average molecular weight is 302 g/mol. The molecule has 7 heteroatoms. The van der Waals surface area contributed by atoms with E-state index in [0.717, 1.165) is 0 Å². The van der Waals surface area contributed by atoms with E-state index in [1.54, 1.807) is 39.0 Å². The number of ether oxygens (including phenoxy) is 2. The van der Waals surface area contributed by atoms with E-state index < -0.39 is 24.3 Å². The van der Waals surface area contributed by atoms with Gasteiger partial charge in [-0.15, -0.1) is 0 Å². The van der Waals surface area contributed by atoms with E-state index in [1.807, 2.05) is 0 Å². The molecule has 0 spiro atoms. The van der Waals surface area contributed by atoms with Gasteiger partial charge in [0.25, 0.3) is 0 Å². The SMILES string of the molecule is CC(C)(C)OC(=O)NC(CN)c1ccccc1OC(F)F. The molecule has 0 aliphatic heterocycles. The third kappa shape index (κ3) is 5.95. The van der Waals surface area contributed by atoms with Crippen LogP contribution < -0.4 is 15.8 Å². The first kappa shape index (κ1) is 17.2. The lowest BCUT2D eigenvalue weighted by atomic mass is 10.1. The van der Waals surface area contributed by atoms with Crippen LogP contribution in [0.1, 0.15) is 32.4 Å². The monoisotopic (exact) mass is 302 g/mol. The molecular formula is C14H20F2N2O3. The standard InChI is InChI=1S/C14H20F2N2O3/c1-14(2,3)21-13(19)18-10(8-17)9-6-4-5-7-11(9)20-12(15)16/h4-7,10,12H,8,17H2,1-3H3,(H,18,19). The lowest BCUT2D eigenvalue weighted by Crippen LogP contribution is -2.38. The van der Waals surface area contributed by atoms with Crippen molar-refractivity contribution >= 4 is 6.09 Å². The van der Waals surface area contributed by atoms with Crippen molar-refractivity contribution in [1.82, 2.24) is 5.32 Å². The summed E-state index contributed by atoms with van der Waals surface area (Å²) in [4.78, 5) is 11.8. The number of hydrogen-bond acceptors (Lipinski definition) is 4. The maximum Gasteiger partial charge on any atom is 0.408 e. The van der Waals surface area contributed by atoms with Gasteiger partial charge in [-0.2, -0.15) is 8.78 Å². The van der Waals surface area contributed by atoms with Gasteiger partial charge < -0.3 is 20.5 Å². The highest BCUT2D eigenvalue weighted by molar-refractivity contribution is 5.68. The van der Waals surface area contributed by atoms with Crippen molar-refractivity contribution in [1.29, 1.82) is 0 Å². The summed E-state index contributed by atoms with van der Waals surface area (Å²) >= 11 is 0. The van der Waals surface area contributed by atoms with Gasteiger partial charge in [-0.25, -0.2) is 4.79 Å². The Kier molecular flexibility index (Phi) is 5.90. The van der Waals surface area contributed by atoms with Crippen LogP contribution in [0.3, 0.4) is 0 Å². The number of alkyl carbamates (subject to hydrolysis) is 1. The van der Waals surface area contributed by atoms with Crippen molar-refractivity contribution in [3.8, 4) is 5.75 Å². The second kappa shape index (κ2) is 7.21. The molecule has 1 amide bonds. The number of para-hydroxylation sites is 1. The number of halogens is 2. The topological polar surface area (TPSA) is 73.6 Å². The minimum atomic E-state index is -2.95. The molecule has 118 valence electrons. The van der Waals surface area contributed by atoms with Gasteiger partial charge in [-0.3, -0.25) is 0 Å². The summed E-state index contributed by atoms with van der Waals surface area (Å²) in [5, 5.41) is 2.54. The highest BCUT2D eigenvalue weighted by Crippen LogP contribution is 2.26. The van der Waals surface area contributed by atoms with Crippen molar-refractivity contribution in [3.05, 3.63) is 29.8 Å². The molecular weight excluding hydrogens is 282 g/mol. The van der Waals surface area contributed by atoms with E-state index in [9.17, 15) is 13.6 Å². The quantitative estimate of drug-likeness (QED) is 0.877. The van der Waals surface area contributed by atoms with Gasteiger partial charge >= 0.3 is 12.7 Å². The van der Waals surface area contributed by atoms with Crippen LogP contribution in [0, 0.1) is 0 Å². The van der Waals surface area contributed by atoms with Crippen LogP contribution in [0.2, 0.25) is 0 Å². The Balaban J connectivity index is 2.87. The lowest BCUT2D eigenvalue weighted by Gasteiger charge is -2.24. The van der Waals surface area contributed by atoms with Crippen LogP contribution >= 0.6 is 0 Å². The van der Waals surface area contributed by atoms with E-state index in [2.05, 4.69) is 10.1 Å². The number of hydrogen-bond donors (Lipinski definition) is 2. The van der Waals surface area contributed by atoms with Gasteiger partial charge in [0.15, 0.2) is 0 Å². The van der Waals surface area contributed by atoms with Crippen molar-refractivity contribution < 1.29 is 23.0 Å². The molecule has 0 fully saturated rings. The molecule has 1 aromatic rings. The third-order valence-corrected chi connectivity index (χ3v) is 2.44. The number of nitrogens with two attached hydrogens (primary N) is 1. The molecule has 0 bridgehead atoms. The molecule has 3 N–H and O–H groups in total. The fraction of sp³-hybridized carbons (Fsp3) is 0.500. The van der Waals surface area contributed by atoms with Crippen molar-refractivity contribution in [2.45, 2.75) is 39.0 Å². The van der Waals surface area contributed by atoms with Gasteiger partial charge in [0.1, 0.15) is 11.4 Å². The molecule has 1 rings (SSSR count). The fourth-order valence-electron chi connectivity index (χ4n) is 1.69. The highest BCUT2D eigenvalue weighted by atomic mass is 19.3. The predicted octanol–water partition coefficient (Wildman–Crippen LogP) is 2.81. The molecule has 1 unspecified atom stereocenters. The number of rotatable bonds is 5. The average Bonchev–Trinajstić information content (AvgIpc) is 2.34. The zero-order chi connectivity index (χ0) is 16.0. The van der Waals surface area contributed by atoms with Gasteiger partial charge in [-0.1, -0.05) is 18.2 Å². The summed E-state index contributed by atoms with van der Waals surface area (Å²) in [6.07, 6.45) is -0.676. The molecule has 1 aromatic carbocycles. The van der Waals surface area contributed by atoms with E-state index in [1.165, 1.54) is 6.07 Å². The molecule has 21 heavy (non-hydrogen) atoms. The molecule has 0 heterocycles. The first-order valence-electron chi connectivity index (χ1n) is 6.46. The Bertz CT molecular complexity index is 476. The van der Waals surface area contributed by atoms with Crippen LogP contribution in [0.5, 0.6) is 5.75 Å². The fourth-order valence-corrected chi connectivity index (χ4v) is 1.69. The molecule has 0 aromatic heterocycles. The lowest BCUT2D eigenvalue weighted by molar-refractivity contribution is -0.0506. The van der Waals surface area contributed by atoms with Gasteiger partial charge in [0.2, 0.25) is 0 Å². The maximum atomic E-state index is 12.4. The second-order valence-electron chi connectivity index (χ2n) is 5.35. The van der Waals surface area contributed by atoms with Crippen molar-refractivity contribution in [2.75, 3.05) is 6.54 Å². The largest absolute Gasteiger partial charge is 0.444 e. The van der Waals surface area contributed by atoms with Crippen molar-refractivity contribution in [3.63, 3.8) is 0 Å². The molecule has 5 nitrogen and oxygen atoms in total.